The number of nitrogens with one attached hydrogen (secondary N) is 1. The zero-order chi connectivity index (χ0) is 19.7. The number of aryl methyl sites for hydroxylation is 1. The lowest BCUT2D eigenvalue weighted by Crippen LogP contribution is -2.42. The van der Waals surface area contributed by atoms with Crippen molar-refractivity contribution in [2.45, 2.75) is 26.4 Å². The number of fused-ring (bicyclic) bond motifs is 1. The minimum Gasteiger partial charge on any atom is -0.478 e. The number of ether oxygens (including phenoxy) is 1. The third-order valence-electron chi connectivity index (χ3n) is 4.20. The summed E-state index contributed by atoms with van der Waals surface area (Å²) in [5.74, 6) is 1.18. The predicted octanol–water partition coefficient (Wildman–Crippen LogP) is 3.96. The van der Waals surface area contributed by atoms with E-state index in [0.717, 1.165) is 21.4 Å². The van der Waals surface area contributed by atoms with Gasteiger partial charge in [0.2, 0.25) is 4.96 Å². The van der Waals surface area contributed by atoms with Gasteiger partial charge in [-0.15, -0.1) is 10.2 Å². The number of benzene rings is 2. The van der Waals surface area contributed by atoms with Crippen LogP contribution in [-0.4, -0.2) is 31.3 Å². The van der Waals surface area contributed by atoms with Crippen LogP contribution < -0.4 is 10.1 Å². The molecule has 0 saturated heterocycles. The molecule has 2 aromatic heterocycles. The maximum Gasteiger partial charge on any atom is 0.267 e. The van der Waals surface area contributed by atoms with Crippen molar-refractivity contribution in [3.05, 3.63) is 60.4 Å². The van der Waals surface area contributed by atoms with Gasteiger partial charge in [-0.25, -0.2) is 0 Å². The molecule has 4 aromatic rings. The molecule has 0 spiro atoms. The summed E-state index contributed by atoms with van der Waals surface area (Å²) < 4.78 is 7.55. The molecule has 0 atom stereocenters. The molecule has 0 unspecified atom stereocenters. The summed E-state index contributed by atoms with van der Waals surface area (Å²) in [7, 11) is 0. The highest BCUT2D eigenvalue weighted by Crippen LogP contribution is 2.27. The van der Waals surface area contributed by atoms with Crippen LogP contribution in [0.15, 0.2) is 54.6 Å². The Kier molecular flexibility index (Phi) is 4.56. The summed E-state index contributed by atoms with van der Waals surface area (Å²) in [4.78, 5) is 13.4. The molecule has 0 bridgehead atoms. The number of carbonyl (C=O) groups is 1. The number of hydrogen-bond acceptors (Lipinski definition) is 6. The van der Waals surface area contributed by atoms with Crippen molar-refractivity contribution in [3.63, 3.8) is 0 Å². The average Bonchev–Trinajstić information content (AvgIpc) is 3.25. The topological polar surface area (TPSA) is 81.4 Å². The molecule has 2 heterocycles. The van der Waals surface area contributed by atoms with Crippen LogP contribution in [-0.2, 0) is 4.79 Å². The Morgan fingerprint density at radius 3 is 2.46 bits per heavy atom. The second-order valence-electron chi connectivity index (χ2n) is 6.81. The van der Waals surface area contributed by atoms with E-state index in [1.54, 1.807) is 18.4 Å². The summed E-state index contributed by atoms with van der Waals surface area (Å²) in [5.41, 5.74) is 0.635. The van der Waals surface area contributed by atoms with Crippen molar-refractivity contribution in [1.29, 1.82) is 0 Å². The number of carbonyl (C=O) groups excluding carboxylic acids is 1. The molecule has 0 fully saturated rings. The number of aromatic nitrogens is 4. The summed E-state index contributed by atoms with van der Waals surface area (Å²) in [6.45, 7) is 5.35. The fraction of sp³-hybridized carbons (Fsp3) is 0.200. The highest BCUT2D eigenvalue weighted by Gasteiger charge is 2.30. The summed E-state index contributed by atoms with van der Waals surface area (Å²) in [6.07, 6.45) is 0. The molecule has 0 radical (unpaired) electrons. The molecule has 8 heteroatoms. The Balaban J connectivity index is 1.47. The van der Waals surface area contributed by atoms with E-state index in [9.17, 15) is 4.79 Å². The summed E-state index contributed by atoms with van der Waals surface area (Å²) >= 11 is 1.47. The quantitative estimate of drug-likeness (QED) is 0.555. The molecule has 0 aliphatic rings. The van der Waals surface area contributed by atoms with Gasteiger partial charge in [0, 0.05) is 11.3 Å². The van der Waals surface area contributed by atoms with E-state index in [2.05, 4.69) is 20.6 Å². The Bertz CT molecular complexity index is 1120. The van der Waals surface area contributed by atoms with Crippen molar-refractivity contribution in [3.8, 4) is 16.3 Å². The number of hydrogen-bond donors (Lipinski definition) is 1. The third kappa shape index (κ3) is 3.59. The van der Waals surface area contributed by atoms with Gasteiger partial charge in [-0.2, -0.15) is 9.61 Å². The van der Waals surface area contributed by atoms with E-state index in [1.165, 1.54) is 11.3 Å². The van der Waals surface area contributed by atoms with Crippen molar-refractivity contribution in [1.82, 2.24) is 19.8 Å². The molecular weight excluding hydrogens is 374 g/mol. The van der Waals surface area contributed by atoms with Gasteiger partial charge in [-0.05, 0) is 57.2 Å². The first kappa shape index (κ1) is 18.1. The molecule has 1 N–H and O–H groups in total. The Hall–Kier alpha value is -3.26. The van der Waals surface area contributed by atoms with Gasteiger partial charge in [0.1, 0.15) is 10.8 Å². The lowest BCUT2D eigenvalue weighted by Gasteiger charge is -2.25. The third-order valence-corrected chi connectivity index (χ3v) is 5.15. The second-order valence-corrected chi connectivity index (χ2v) is 7.76. The zero-order valence-corrected chi connectivity index (χ0v) is 16.5. The molecule has 142 valence electrons. The maximum absolute atomic E-state index is 12.6. The summed E-state index contributed by atoms with van der Waals surface area (Å²) in [6, 6.07) is 16.8. The first-order chi connectivity index (χ1) is 13.4. The van der Waals surface area contributed by atoms with Crippen molar-refractivity contribution < 1.29 is 9.53 Å². The Morgan fingerprint density at radius 1 is 1.07 bits per heavy atom. The van der Waals surface area contributed by atoms with E-state index in [-0.39, 0.29) is 5.91 Å². The molecule has 1 amide bonds. The molecule has 2 aromatic carbocycles. The predicted molar refractivity (Wildman–Crippen MR) is 109 cm³/mol. The van der Waals surface area contributed by atoms with Crippen molar-refractivity contribution in [2.24, 2.45) is 0 Å². The first-order valence-electron chi connectivity index (χ1n) is 8.77. The number of anilines is 1. The minimum atomic E-state index is -1.01. The SMILES string of the molecule is Cc1nnc2sc(-c3ccc(NC(=O)C(C)(C)Oc4ccccc4)cc3)nn12. The molecule has 0 aliphatic heterocycles. The van der Waals surface area contributed by atoms with Crippen LogP contribution in [0.25, 0.3) is 15.5 Å². The zero-order valence-electron chi connectivity index (χ0n) is 15.7. The molecule has 0 saturated carbocycles. The van der Waals surface area contributed by atoms with Crippen LogP contribution in [0.3, 0.4) is 0 Å². The monoisotopic (exact) mass is 393 g/mol. The Morgan fingerprint density at radius 2 is 1.79 bits per heavy atom. The van der Waals surface area contributed by atoms with Crippen LogP contribution in [0.2, 0.25) is 0 Å². The largest absolute Gasteiger partial charge is 0.478 e. The molecule has 4 rings (SSSR count). The lowest BCUT2D eigenvalue weighted by molar-refractivity contribution is -0.128. The van der Waals surface area contributed by atoms with Gasteiger partial charge in [0.05, 0.1) is 0 Å². The van der Waals surface area contributed by atoms with Gasteiger partial charge < -0.3 is 10.1 Å². The van der Waals surface area contributed by atoms with E-state index in [0.29, 0.717) is 11.4 Å². The summed E-state index contributed by atoms with van der Waals surface area (Å²) in [5, 5.41) is 16.3. The average molecular weight is 393 g/mol. The second kappa shape index (κ2) is 7.05. The smallest absolute Gasteiger partial charge is 0.267 e. The fourth-order valence-electron chi connectivity index (χ4n) is 2.64. The van der Waals surface area contributed by atoms with E-state index >= 15 is 0 Å². The van der Waals surface area contributed by atoms with Gasteiger partial charge in [0.25, 0.3) is 5.91 Å². The number of rotatable bonds is 5. The van der Waals surface area contributed by atoms with E-state index in [4.69, 9.17) is 4.74 Å². The van der Waals surface area contributed by atoms with Gasteiger partial charge in [-0.1, -0.05) is 29.5 Å². The van der Waals surface area contributed by atoms with Gasteiger partial charge in [0.15, 0.2) is 11.4 Å². The molecule has 7 nitrogen and oxygen atoms in total. The van der Waals surface area contributed by atoms with Crippen LogP contribution in [0.4, 0.5) is 5.69 Å². The Labute approximate surface area is 166 Å². The minimum absolute atomic E-state index is 0.224. The van der Waals surface area contributed by atoms with Crippen molar-refractivity contribution >= 4 is 27.9 Å². The highest BCUT2D eigenvalue weighted by atomic mass is 32.1. The fourth-order valence-corrected chi connectivity index (χ4v) is 3.53. The standard InChI is InChI=1S/C20H19N5O2S/c1-13-22-23-19-25(13)24-17(28-19)14-9-11-15(12-10-14)21-18(26)20(2,3)27-16-7-5-4-6-8-16/h4-12H,1-3H3,(H,21,26). The van der Waals surface area contributed by atoms with Crippen LogP contribution in [0.5, 0.6) is 5.75 Å². The lowest BCUT2D eigenvalue weighted by atomic mass is 10.1. The maximum atomic E-state index is 12.6. The molecule has 28 heavy (non-hydrogen) atoms. The first-order valence-corrected chi connectivity index (χ1v) is 9.59. The number of amides is 1. The van der Waals surface area contributed by atoms with Crippen molar-refractivity contribution in [2.75, 3.05) is 5.32 Å². The normalized spacial score (nSPS) is 11.5. The van der Waals surface area contributed by atoms with Gasteiger partial charge in [-0.3, -0.25) is 4.79 Å². The highest BCUT2D eigenvalue weighted by molar-refractivity contribution is 7.19. The van der Waals surface area contributed by atoms with E-state index < -0.39 is 5.60 Å². The molecule has 0 aliphatic carbocycles. The number of nitrogens with zero attached hydrogens (tertiary/aromatic N) is 4. The van der Waals surface area contributed by atoms with Crippen LogP contribution in [0.1, 0.15) is 19.7 Å². The molecular formula is C20H19N5O2S. The number of para-hydroxylation sites is 1. The van der Waals surface area contributed by atoms with Gasteiger partial charge >= 0.3 is 0 Å². The van der Waals surface area contributed by atoms with Crippen LogP contribution >= 0.6 is 11.3 Å². The van der Waals surface area contributed by atoms with E-state index in [1.807, 2.05) is 61.5 Å². The van der Waals surface area contributed by atoms with Crippen LogP contribution in [0, 0.1) is 6.92 Å².